The van der Waals surface area contributed by atoms with Gasteiger partial charge in [-0.05, 0) is 61.6 Å². The van der Waals surface area contributed by atoms with Gasteiger partial charge < -0.3 is 15.4 Å². The number of anilines is 1. The van der Waals surface area contributed by atoms with Gasteiger partial charge in [0, 0.05) is 12.2 Å². The molecule has 0 bridgehead atoms. The third-order valence-corrected chi connectivity index (χ3v) is 4.84. The monoisotopic (exact) mass is 271 g/mol. The van der Waals surface area contributed by atoms with Crippen molar-refractivity contribution in [2.24, 2.45) is 17.8 Å². The van der Waals surface area contributed by atoms with Gasteiger partial charge in [-0.15, -0.1) is 0 Å². The van der Waals surface area contributed by atoms with Crippen LogP contribution in [0.1, 0.15) is 31.5 Å². The molecule has 0 saturated heterocycles. The molecule has 0 spiro atoms. The summed E-state index contributed by atoms with van der Waals surface area (Å²) in [6.07, 6.45) is 5.54. The number of nitrogen functional groups attached to an aromatic ring is 1. The zero-order valence-electron chi connectivity index (χ0n) is 11.6. The van der Waals surface area contributed by atoms with Crippen molar-refractivity contribution in [1.29, 1.82) is 0 Å². The summed E-state index contributed by atoms with van der Waals surface area (Å²) in [5, 5.41) is 9.60. The van der Waals surface area contributed by atoms with Gasteiger partial charge in [-0.3, -0.25) is 0 Å². The zero-order chi connectivity index (χ0) is 13.7. The predicted molar refractivity (Wildman–Crippen MR) is 79.0 cm³/mol. The number of nitrogens with two attached hydrogens (primary N) is 1. The summed E-state index contributed by atoms with van der Waals surface area (Å²) >= 11 is 0. The van der Waals surface area contributed by atoms with Gasteiger partial charge in [0.05, 0.1) is 11.0 Å². The van der Waals surface area contributed by atoms with E-state index in [1.165, 1.54) is 25.7 Å². The zero-order valence-corrected chi connectivity index (χ0v) is 11.6. The molecule has 4 heteroatoms. The van der Waals surface area contributed by atoms with Crippen LogP contribution >= 0.6 is 0 Å². The summed E-state index contributed by atoms with van der Waals surface area (Å²) in [5.74, 6) is 3.35. The van der Waals surface area contributed by atoms with Crippen LogP contribution in [-0.2, 0) is 13.2 Å². The van der Waals surface area contributed by atoms with Crippen molar-refractivity contribution in [1.82, 2.24) is 9.55 Å². The maximum Gasteiger partial charge on any atom is 0.135 e. The molecule has 3 N–H and O–H groups in total. The van der Waals surface area contributed by atoms with Gasteiger partial charge in [-0.25, -0.2) is 4.98 Å². The molecule has 0 amide bonds. The number of benzene rings is 1. The number of aliphatic hydroxyl groups is 1. The second kappa shape index (κ2) is 4.48. The van der Waals surface area contributed by atoms with Gasteiger partial charge in [0.25, 0.3) is 0 Å². The maximum atomic E-state index is 9.60. The Balaban J connectivity index is 1.73. The highest BCUT2D eigenvalue weighted by molar-refractivity contribution is 5.79. The largest absolute Gasteiger partial charge is 0.399 e. The summed E-state index contributed by atoms with van der Waals surface area (Å²) in [6.45, 7) is 1.00. The summed E-state index contributed by atoms with van der Waals surface area (Å²) in [6, 6.07) is 5.85. The lowest BCUT2D eigenvalue weighted by Gasteiger charge is -2.18. The highest BCUT2D eigenvalue weighted by Gasteiger charge is 2.41. The second-order valence-electron chi connectivity index (χ2n) is 6.38. The minimum atomic E-state index is -0.00334. The Morgan fingerprint density at radius 2 is 1.95 bits per heavy atom. The number of hydrogen-bond donors (Lipinski definition) is 2. The quantitative estimate of drug-likeness (QED) is 0.821. The molecule has 0 unspecified atom stereocenters. The van der Waals surface area contributed by atoms with Crippen molar-refractivity contribution in [2.45, 2.75) is 38.8 Å². The van der Waals surface area contributed by atoms with Gasteiger partial charge >= 0.3 is 0 Å². The average molecular weight is 271 g/mol. The van der Waals surface area contributed by atoms with Crippen LogP contribution in [0.5, 0.6) is 0 Å². The standard InChI is InChI=1S/C16H21N3O/c17-12-5-6-15-14(7-12)18-16(9-20)19(15)8-13(10-1-2-10)11-3-4-11/h5-7,10-11,13,20H,1-4,8-9,17H2. The van der Waals surface area contributed by atoms with Crippen LogP contribution in [0.25, 0.3) is 11.0 Å². The molecule has 4 nitrogen and oxygen atoms in total. The smallest absolute Gasteiger partial charge is 0.135 e. The summed E-state index contributed by atoms with van der Waals surface area (Å²) in [7, 11) is 0. The summed E-state index contributed by atoms with van der Waals surface area (Å²) in [5.41, 5.74) is 8.57. The van der Waals surface area contributed by atoms with Crippen molar-refractivity contribution in [3.05, 3.63) is 24.0 Å². The van der Waals surface area contributed by atoms with E-state index in [-0.39, 0.29) is 6.61 Å². The van der Waals surface area contributed by atoms with Crippen LogP contribution < -0.4 is 5.73 Å². The lowest BCUT2D eigenvalue weighted by atomic mass is 9.97. The topological polar surface area (TPSA) is 64.1 Å². The summed E-state index contributed by atoms with van der Waals surface area (Å²) in [4.78, 5) is 4.54. The Hall–Kier alpha value is -1.55. The molecule has 2 aliphatic carbocycles. The first-order valence-corrected chi connectivity index (χ1v) is 7.62. The number of aromatic nitrogens is 2. The first-order valence-electron chi connectivity index (χ1n) is 7.62. The van der Waals surface area contributed by atoms with Gasteiger partial charge in [-0.2, -0.15) is 0 Å². The molecule has 0 aliphatic heterocycles. The molecule has 2 saturated carbocycles. The molecule has 1 aromatic heterocycles. The van der Waals surface area contributed by atoms with E-state index < -0.39 is 0 Å². The molecule has 2 aliphatic rings. The fourth-order valence-corrected chi connectivity index (χ4v) is 3.46. The van der Waals surface area contributed by atoms with E-state index in [0.29, 0.717) is 0 Å². The Bertz CT molecular complexity index is 628. The Morgan fingerprint density at radius 3 is 2.55 bits per heavy atom. The molecule has 4 rings (SSSR count). The van der Waals surface area contributed by atoms with E-state index in [2.05, 4.69) is 9.55 Å². The highest BCUT2D eigenvalue weighted by Crippen LogP contribution is 2.50. The molecule has 106 valence electrons. The number of aliphatic hydroxyl groups excluding tert-OH is 1. The van der Waals surface area contributed by atoms with E-state index in [9.17, 15) is 5.11 Å². The van der Waals surface area contributed by atoms with Crippen molar-refractivity contribution >= 4 is 16.7 Å². The molecule has 1 aromatic carbocycles. The normalized spacial score (nSPS) is 19.1. The molecule has 0 radical (unpaired) electrons. The van der Waals surface area contributed by atoms with Crippen molar-refractivity contribution < 1.29 is 5.11 Å². The predicted octanol–water partition coefficient (Wildman–Crippen LogP) is 2.55. The summed E-state index contributed by atoms with van der Waals surface area (Å²) < 4.78 is 2.22. The molecular formula is C16H21N3O. The van der Waals surface area contributed by atoms with Gasteiger partial charge in [0.15, 0.2) is 0 Å². The Kier molecular flexibility index (Phi) is 2.74. The van der Waals surface area contributed by atoms with Crippen LogP contribution in [0.2, 0.25) is 0 Å². The SMILES string of the molecule is Nc1ccc2c(c1)nc(CO)n2CC(C1CC1)C1CC1. The van der Waals surface area contributed by atoms with Gasteiger partial charge in [0.1, 0.15) is 12.4 Å². The van der Waals surface area contributed by atoms with Gasteiger partial charge in [0.2, 0.25) is 0 Å². The minimum Gasteiger partial charge on any atom is -0.399 e. The number of hydrogen-bond acceptors (Lipinski definition) is 3. The highest BCUT2D eigenvalue weighted by atomic mass is 16.3. The van der Waals surface area contributed by atoms with Crippen molar-refractivity contribution in [3.63, 3.8) is 0 Å². The first kappa shape index (κ1) is 12.2. The minimum absolute atomic E-state index is 0.00334. The molecule has 0 atom stereocenters. The average Bonchev–Trinajstić information content (AvgIpc) is 3.33. The Morgan fingerprint density at radius 1 is 1.25 bits per heavy atom. The van der Waals surface area contributed by atoms with Crippen LogP contribution in [0.4, 0.5) is 5.69 Å². The van der Waals surface area contributed by atoms with Crippen LogP contribution in [0, 0.1) is 17.8 Å². The van der Waals surface area contributed by atoms with Crippen LogP contribution in [0.15, 0.2) is 18.2 Å². The number of imidazole rings is 1. The van der Waals surface area contributed by atoms with E-state index in [1.54, 1.807) is 0 Å². The first-order chi connectivity index (χ1) is 9.76. The fourth-order valence-electron chi connectivity index (χ4n) is 3.46. The van der Waals surface area contributed by atoms with Crippen molar-refractivity contribution in [2.75, 3.05) is 5.73 Å². The van der Waals surface area contributed by atoms with E-state index >= 15 is 0 Å². The lowest BCUT2D eigenvalue weighted by Crippen LogP contribution is -2.17. The number of fused-ring (bicyclic) bond motifs is 1. The van der Waals surface area contributed by atoms with E-state index in [1.807, 2.05) is 18.2 Å². The van der Waals surface area contributed by atoms with Crippen LogP contribution in [-0.4, -0.2) is 14.7 Å². The van der Waals surface area contributed by atoms with Gasteiger partial charge in [-0.1, -0.05) is 0 Å². The number of nitrogens with zero attached hydrogens (tertiary/aromatic N) is 2. The Labute approximate surface area is 118 Å². The molecule has 2 fully saturated rings. The maximum absolute atomic E-state index is 9.60. The lowest BCUT2D eigenvalue weighted by molar-refractivity contribution is 0.257. The molecule has 1 heterocycles. The fraction of sp³-hybridized carbons (Fsp3) is 0.562. The third-order valence-electron chi connectivity index (χ3n) is 4.84. The van der Waals surface area contributed by atoms with E-state index in [4.69, 9.17) is 5.73 Å². The number of rotatable bonds is 5. The molecule has 2 aromatic rings. The van der Waals surface area contributed by atoms with Crippen molar-refractivity contribution in [3.8, 4) is 0 Å². The third kappa shape index (κ3) is 2.08. The molecular weight excluding hydrogens is 250 g/mol. The molecule has 20 heavy (non-hydrogen) atoms. The van der Waals surface area contributed by atoms with E-state index in [0.717, 1.165) is 46.8 Å². The second-order valence-corrected chi connectivity index (χ2v) is 6.38. The van der Waals surface area contributed by atoms with Crippen LogP contribution in [0.3, 0.4) is 0 Å².